The van der Waals surface area contributed by atoms with Crippen LogP contribution < -0.4 is 5.32 Å². The van der Waals surface area contributed by atoms with Gasteiger partial charge in [0, 0.05) is 44.0 Å². The summed E-state index contributed by atoms with van der Waals surface area (Å²) in [4.78, 5) is 17.3. The lowest BCUT2D eigenvalue weighted by molar-refractivity contribution is 0.0953. The van der Waals surface area contributed by atoms with Crippen LogP contribution in [-0.4, -0.2) is 47.6 Å². The number of carbonyl (C=O) groups is 1. The zero-order valence-electron chi connectivity index (χ0n) is 16.9. The molecule has 3 aromatic rings. The van der Waals surface area contributed by atoms with Crippen molar-refractivity contribution in [2.45, 2.75) is 32.1 Å². The number of imidazole rings is 1. The number of carbonyl (C=O) groups excluding carboxylic acids is 1. The molecule has 0 fully saturated rings. The summed E-state index contributed by atoms with van der Waals surface area (Å²) in [5.74, 6) is -0.289. The molecule has 0 spiro atoms. The Kier molecular flexibility index (Phi) is 6.34. The molecule has 1 amide bonds. The van der Waals surface area contributed by atoms with Crippen LogP contribution in [0.25, 0.3) is 5.65 Å². The maximum atomic E-state index is 12.7. The molecule has 0 saturated carbocycles. The molecule has 0 aliphatic carbocycles. The van der Waals surface area contributed by atoms with E-state index < -0.39 is 10.0 Å². The van der Waals surface area contributed by atoms with Crippen molar-refractivity contribution in [3.8, 4) is 0 Å². The Labute approximate surface area is 171 Å². The maximum absolute atomic E-state index is 12.7. The normalized spacial score (nSPS) is 11.9. The van der Waals surface area contributed by atoms with Crippen molar-refractivity contribution in [1.29, 1.82) is 0 Å². The van der Waals surface area contributed by atoms with E-state index in [1.54, 1.807) is 32.9 Å². The summed E-state index contributed by atoms with van der Waals surface area (Å²) in [7, 11) is -3.61. The molecular weight excluding hydrogens is 388 g/mol. The van der Waals surface area contributed by atoms with E-state index in [-0.39, 0.29) is 10.8 Å². The lowest BCUT2D eigenvalue weighted by atomic mass is 10.1. The Morgan fingerprint density at radius 3 is 2.62 bits per heavy atom. The van der Waals surface area contributed by atoms with Crippen molar-refractivity contribution < 1.29 is 13.2 Å². The van der Waals surface area contributed by atoms with Gasteiger partial charge >= 0.3 is 0 Å². The minimum Gasteiger partial charge on any atom is -0.352 e. The van der Waals surface area contributed by atoms with Gasteiger partial charge in [-0.15, -0.1) is 0 Å². The summed E-state index contributed by atoms with van der Waals surface area (Å²) in [6, 6.07) is 10.5. The highest BCUT2D eigenvalue weighted by molar-refractivity contribution is 7.89. The number of pyridine rings is 1. The molecule has 0 bridgehead atoms. The first-order valence-corrected chi connectivity index (χ1v) is 11.1. The van der Waals surface area contributed by atoms with Crippen LogP contribution in [0.2, 0.25) is 0 Å². The minimum absolute atomic E-state index is 0.136. The Hall–Kier alpha value is -2.71. The lowest BCUT2D eigenvalue weighted by Gasteiger charge is -2.19. The fourth-order valence-corrected chi connectivity index (χ4v) is 4.71. The zero-order chi connectivity index (χ0) is 21.0. The van der Waals surface area contributed by atoms with E-state index in [1.165, 1.54) is 10.4 Å². The predicted molar refractivity (Wildman–Crippen MR) is 113 cm³/mol. The van der Waals surface area contributed by atoms with E-state index in [9.17, 15) is 13.2 Å². The largest absolute Gasteiger partial charge is 0.352 e. The SMILES string of the molecule is CCN(CC)S(=O)(=O)c1ccc(C)c(C(=O)NCCc2cn3ccccc3n2)c1. The fourth-order valence-electron chi connectivity index (χ4n) is 3.23. The highest BCUT2D eigenvalue weighted by Crippen LogP contribution is 2.19. The van der Waals surface area contributed by atoms with Gasteiger partial charge in [0.05, 0.1) is 10.6 Å². The third-order valence-corrected chi connectivity index (χ3v) is 6.92. The van der Waals surface area contributed by atoms with Crippen LogP contribution >= 0.6 is 0 Å². The molecule has 0 unspecified atom stereocenters. The van der Waals surface area contributed by atoms with Crippen molar-refractivity contribution in [2.75, 3.05) is 19.6 Å². The number of amides is 1. The highest BCUT2D eigenvalue weighted by atomic mass is 32.2. The van der Waals surface area contributed by atoms with Gasteiger partial charge in [-0.3, -0.25) is 4.79 Å². The van der Waals surface area contributed by atoms with Crippen molar-refractivity contribution in [3.63, 3.8) is 0 Å². The van der Waals surface area contributed by atoms with Crippen LogP contribution in [0.3, 0.4) is 0 Å². The van der Waals surface area contributed by atoms with Crippen molar-refractivity contribution in [1.82, 2.24) is 19.0 Å². The summed E-state index contributed by atoms with van der Waals surface area (Å²) in [5, 5.41) is 2.87. The smallest absolute Gasteiger partial charge is 0.251 e. The van der Waals surface area contributed by atoms with E-state index in [4.69, 9.17) is 0 Å². The topological polar surface area (TPSA) is 83.8 Å². The van der Waals surface area contributed by atoms with Gasteiger partial charge in [0.1, 0.15) is 5.65 Å². The molecule has 0 aliphatic heterocycles. The molecule has 8 heteroatoms. The Bertz CT molecular complexity index is 1080. The van der Waals surface area contributed by atoms with E-state index >= 15 is 0 Å². The molecule has 154 valence electrons. The van der Waals surface area contributed by atoms with Crippen LogP contribution in [0.15, 0.2) is 53.7 Å². The van der Waals surface area contributed by atoms with Gasteiger partial charge in [0.2, 0.25) is 10.0 Å². The van der Waals surface area contributed by atoms with E-state index in [0.717, 1.165) is 16.9 Å². The highest BCUT2D eigenvalue weighted by Gasteiger charge is 2.23. The van der Waals surface area contributed by atoms with Crippen LogP contribution in [0.5, 0.6) is 0 Å². The van der Waals surface area contributed by atoms with Crippen LogP contribution in [0.1, 0.15) is 35.5 Å². The van der Waals surface area contributed by atoms with Crippen molar-refractivity contribution in [3.05, 3.63) is 65.6 Å². The number of hydrogen-bond donors (Lipinski definition) is 1. The Balaban J connectivity index is 1.71. The van der Waals surface area contributed by atoms with Gasteiger partial charge < -0.3 is 9.72 Å². The molecule has 0 aliphatic rings. The molecule has 0 atom stereocenters. The molecular formula is C21H26N4O3S. The van der Waals surface area contributed by atoms with Crippen molar-refractivity contribution in [2.24, 2.45) is 0 Å². The predicted octanol–water partition coefficient (Wildman–Crippen LogP) is 2.65. The molecule has 7 nitrogen and oxygen atoms in total. The number of benzene rings is 1. The van der Waals surface area contributed by atoms with E-state index in [0.29, 0.717) is 31.6 Å². The average molecular weight is 415 g/mol. The van der Waals surface area contributed by atoms with Crippen LogP contribution in [-0.2, 0) is 16.4 Å². The zero-order valence-corrected chi connectivity index (χ0v) is 17.7. The molecule has 29 heavy (non-hydrogen) atoms. The number of fused-ring (bicyclic) bond motifs is 1. The van der Waals surface area contributed by atoms with Gasteiger partial charge in [-0.25, -0.2) is 13.4 Å². The average Bonchev–Trinajstić information content (AvgIpc) is 3.11. The molecule has 3 rings (SSSR count). The van der Waals surface area contributed by atoms with Gasteiger partial charge in [-0.1, -0.05) is 26.0 Å². The molecule has 2 heterocycles. The van der Waals surface area contributed by atoms with Crippen molar-refractivity contribution >= 4 is 21.6 Å². The van der Waals surface area contributed by atoms with Gasteiger partial charge in [-0.2, -0.15) is 4.31 Å². The maximum Gasteiger partial charge on any atom is 0.251 e. The lowest BCUT2D eigenvalue weighted by Crippen LogP contribution is -2.31. The molecule has 2 aromatic heterocycles. The van der Waals surface area contributed by atoms with Gasteiger partial charge in [-0.05, 0) is 36.8 Å². The second-order valence-electron chi connectivity index (χ2n) is 6.77. The van der Waals surface area contributed by atoms with Gasteiger partial charge in [0.25, 0.3) is 5.91 Å². The molecule has 0 radical (unpaired) electrons. The first-order chi connectivity index (χ1) is 13.9. The first-order valence-electron chi connectivity index (χ1n) is 9.68. The monoisotopic (exact) mass is 414 g/mol. The second-order valence-corrected chi connectivity index (χ2v) is 8.71. The molecule has 1 aromatic carbocycles. The first kappa shape index (κ1) is 21.0. The summed E-state index contributed by atoms with van der Waals surface area (Å²) >= 11 is 0. The number of aromatic nitrogens is 2. The van der Waals surface area contributed by atoms with Crippen LogP contribution in [0, 0.1) is 6.92 Å². The number of aryl methyl sites for hydroxylation is 1. The number of rotatable bonds is 8. The van der Waals surface area contributed by atoms with E-state index in [1.807, 2.05) is 35.0 Å². The second kappa shape index (κ2) is 8.75. The summed E-state index contributed by atoms with van der Waals surface area (Å²) in [5.41, 5.74) is 2.84. The quantitative estimate of drug-likeness (QED) is 0.614. The number of hydrogen-bond acceptors (Lipinski definition) is 4. The van der Waals surface area contributed by atoms with Gasteiger partial charge in [0.15, 0.2) is 0 Å². The summed E-state index contributed by atoms with van der Waals surface area (Å²) in [6.45, 7) is 6.56. The summed E-state index contributed by atoms with van der Waals surface area (Å²) < 4.78 is 28.8. The minimum atomic E-state index is -3.61. The number of sulfonamides is 1. The molecule has 0 saturated heterocycles. The number of nitrogens with one attached hydrogen (secondary N) is 1. The number of nitrogens with zero attached hydrogens (tertiary/aromatic N) is 3. The Morgan fingerprint density at radius 2 is 1.93 bits per heavy atom. The Morgan fingerprint density at radius 1 is 1.17 bits per heavy atom. The fraction of sp³-hybridized carbons (Fsp3) is 0.333. The standard InChI is InChI=1S/C21H26N4O3S/c1-4-25(5-2)29(27,28)18-10-9-16(3)19(14-18)21(26)22-12-11-17-15-24-13-7-6-8-20(24)23-17/h6-10,13-15H,4-5,11-12H2,1-3H3,(H,22,26). The third-order valence-electron chi connectivity index (χ3n) is 4.88. The molecule has 1 N–H and O–H groups in total. The van der Waals surface area contributed by atoms with E-state index in [2.05, 4.69) is 10.3 Å². The summed E-state index contributed by atoms with van der Waals surface area (Å²) in [6.07, 6.45) is 4.45. The third kappa shape index (κ3) is 4.49. The van der Waals surface area contributed by atoms with Crippen LogP contribution in [0.4, 0.5) is 0 Å².